The van der Waals surface area contributed by atoms with E-state index >= 15 is 0 Å². The quantitative estimate of drug-likeness (QED) is 0.852. The third kappa shape index (κ3) is 4.34. The molecule has 1 heterocycles. The molecule has 1 atom stereocenters. The SMILES string of the molecule is O=C(c1ccccc1)C1CCN(C(=O)CC(O)c2ccccc2)CC1. The molecule has 1 N–H and O–H groups in total. The fourth-order valence-electron chi connectivity index (χ4n) is 3.32. The van der Waals surface area contributed by atoms with E-state index in [4.69, 9.17) is 0 Å². The van der Waals surface area contributed by atoms with Crippen molar-refractivity contribution in [1.82, 2.24) is 4.90 Å². The maximum absolute atomic E-state index is 12.5. The number of carbonyl (C=O) groups excluding carboxylic acids is 2. The Kier molecular flexibility index (Phi) is 5.61. The van der Waals surface area contributed by atoms with Gasteiger partial charge in [0, 0.05) is 24.6 Å². The van der Waals surface area contributed by atoms with Crippen LogP contribution in [0.2, 0.25) is 0 Å². The number of hydrogen-bond donors (Lipinski definition) is 1. The number of hydrogen-bond acceptors (Lipinski definition) is 3. The van der Waals surface area contributed by atoms with Crippen molar-refractivity contribution < 1.29 is 14.7 Å². The van der Waals surface area contributed by atoms with Crippen LogP contribution < -0.4 is 0 Å². The normalized spacial score (nSPS) is 16.4. The highest BCUT2D eigenvalue weighted by molar-refractivity contribution is 5.98. The fourth-order valence-corrected chi connectivity index (χ4v) is 3.32. The Morgan fingerprint density at radius 3 is 2.12 bits per heavy atom. The van der Waals surface area contributed by atoms with Crippen LogP contribution in [0.3, 0.4) is 0 Å². The molecule has 1 amide bonds. The van der Waals surface area contributed by atoms with Crippen LogP contribution >= 0.6 is 0 Å². The summed E-state index contributed by atoms with van der Waals surface area (Å²) in [6.07, 6.45) is 0.667. The second kappa shape index (κ2) is 8.08. The van der Waals surface area contributed by atoms with Crippen molar-refractivity contribution in [3.05, 3.63) is 71.8 Å². The van der Waals surface area contributed by atoms with E-state index in [1.165, 1.54) is 0 Å². The average Bonchev–Trinajstić information content (AvgIpc) is 2.69. The van der Waals surface area contributed by atoms with Crippen LogP contribution in [0.4, 0.5) is 0 Å². The molecule has 25 heavy (non-hydrogen) atoms. The lowest BCUT2D eigenvalue weighted by Gasteiger charge is -2.32. The van der Waals surface area contributed by atoms with Crippen LogP contribution in [0.15, 0.2) is 60.7 Å². The number of benzene rings is 2. The summed E-state index contributed by atoms with van der Waals surface area (Å²) in [5.74, 6) is 0.0875. The predicted octanol–water partition coefficient (Wildman–Crippen LogP) is 3.23. The maximum Gasteiger partial charge on any atom is 0.225 e. The third-order valence-corrected chi connectivity index (χ3v) is 4.83. The summed E-state index contributed by atoms with van der Waals surface area (Å²) in [4.78, 5) is 26.7. The first kappa shape index (κ1) is 17.4. The minimum Gasteiger partial charge on any atom is -0.388 e. The highest BCUT2D eigenvalue weighted by Gasteiger charge is 2.28. The van der Waals surface area contributed by atoms with Gasteiger partial charge in [0.25, 0.3) is 0 Å². The van der Waals surface area contributed by atoms with Crippen LogP contribution in [0.25, 0.3) is 0 Å². The van der Waals surface area contributed by atoms with Crippen molar-refractivity contribution in [2.24, 2.45) is 5.92 Å². The molecule has 1 unspecified atom stereocenters. The molecule has 4 heteroatoms. The van der Waals surface area contributed by atoms with Crippen molar-refractivity contribution in [2.45, 2.75) is 25.4 Å². The third-order valence-electron chi connectivity index (χ3n) is 4.83. The Bertz CT molecular complexity index is 706. The second-order valence-corrected chi connectivity index (χ2v) is 6.52. The van der Waals surface area contributed by atoms with Crippen molar-refractivity contribution in [3.63, 3.8) is 0 Å². The summed E-state index contributed by atoms with van der Waals surface area (Å²) in [7, 11) is 0. The van der Waals surface area contributed by atoms with Crippen molar-refractivity contribution in [3.8, 4) is 0 Å². The fraction of sp³-hybridized carbons (Fsp3) is 0.333. The first-order valence-electron chi connectivity index (χ1n) is 8.75. The molecule has 4 nitrogen and oxygen atoms in total. The van der Waals surface area contributed by atoms with Gasteiger partial charge in [-0.2, -0.15) is 0 Å². The van der Waals surface area contributed by atoms with Gasteiger partial charge in [-0.3, -0.25) is 9.59 Å². The highest BCUT2D eigenvalue weighted by Crippen LogP contribution is 2.24. The van der Waals surface area contributed by atoms with Gasteiger partial charge in [0.05, 0.1) is 12.5 Å². The number of aliphatic hydroxyl groups excluding tert-OH is 1. The van der Waals surface area contributed by atoms with Gasteiger partial charge in [0.15, 0.2) is 5.78 Å². The molecule has 2 aromatic carbocycles. The molecule has 2 aromatic rings. The predicted molar refractivity (Wildman–Crippen MR) is 96.1 cm³/mol. The Balaban J connectivity index is 1.52. The Hall–Kier alpha value is -2.46. The molecule has 130 valence electrons. The summed E-state index contributed by atoms with van der Waals surface area (Å²) < 4.78 is 0. The molecule has 1 aliphatic heterocycles. The number of likely N-dealkylation sites (tertiary alicyclic amines) is 1. The standard InChI is InChI=1S/C21H23NO3/c23-19(16-7-3-1-4-8-16)15-20(24)22-13-11-18(12-14-22)21(25)17-9-5-2-6-10-17/h1-10,18-19,23H,11-15H2. The van der Waals surface area contributed by atoms with Gasteiger partial charge in [-0.25, -0.2) is 0 Å². The van der Waals surface area contributed by atoms with E-state index in [-0.39, 0.29) is 24.0 Å². The summed E-state index contributed by atoms with van der Waals surface area (Å²) in [5, 5.41) is 10.2. The molecular weight excluding hydrogens is 314 g/mol. The number of ketones is 1. The van der Waals surface area contributed by atoms with E-state index < -0.39 is 6.10 Å². The average molecular weight is 337 g/mol. The number of nitrogens with zero attached hydrogens (tertiary/aromatic N) is 1. The van der Waals surface area contributed by atoms with Gasteiger partial charge in [-0.1, -0.05) is 60.7 Å². The number of aliphatic hydroxyl groups is 1. The lowest BCUT2D eigenvalue weighted by atomic mass is 9.88. The Morgan fingerprint density at radius 2 is 1.52 bits per heavy atom. The zero-order valence-electron chi connectivity index (χ0n) is 14.2. The Morgan fingerprint density at radius 1 is 0.960 bits per heavy atom. The first-order valence-corrected chi connectivity index (χ1v) is 8.75. The van der Waals surface area contributed by atoms with Crippen molar-refractivity contribution in [1.29, 1.82) is 0 Å². The summed E-state index contributed by atoms with van der Waals surface area (Å²) in [5.41, 5.74) is 1.50. The molecule has 1 saturated heterocycles. The van der Waals surface area contributed by atoms with Gasteiger partial charge < -0.3 is 10.0 Å². The van der Waals surface area contributed by atoms with E-state index in [9.17, 15) is 14.7 Å². The van der Waals surface area contributed by atoms with Crippen molar-refractivity contribution >= 4 is 11.7 Å². The molecule has 0 spiro atoms. The highest BCUT2D eigenvalue weighted by atomic mass is 16.3. The minimum atomic E-state index is -0.780. The maximum atomic E-state index is 12.5. The number of carbonyl (C=O) groups is 2. The zero-order valence-corrected chi connectivity index (χ0v) is 14.2. The van der Waals surface area contributed by atoms with Crippen molar-refractivity contribution in [2.75, 3.05) is 13.1 Å². The minimum absolute atomic E-state index is 0.0227. The lowest BCUT2D eigenvalue weighted by molar-refractivity contribution is -0.134. The number of rotatable bonds is 5. The lowest BCUT2D eigenvalue weighted by Crippen LogP contribution is -2.40. The van der Waals surface area contributed by atoms with Crippen LogP contribution in [0, 0.1) is 5.92 Å². The smallest absolute Gasteiger partial charge is 0.225 e. The number of amides is 1. The molecular formula is C21H23NO3. The van der Waals surface area contributed by atoms with Gasteiger partial charge in [-0.05, 0) is 18.4 Å². The van der Waals surface area contributed by atoms with Crippen LogP contribution in [-0.2, 0) is 4.79 Å². The van der Waals surface area contributed by atoms with Crippen LogP contribution in [-0.4, -0.2) is 34.8 Å². The summed E-state index contributed by atoms with van der Waals surface area (Å²) >= 11 is 0. The number of piperidine rings is 1. The largest absolute Gasteiger partial charge is 0.388 e. The molecule has 1 aliphatic rings. The monoisotopic (exact) mass is 337 g/mol. The molecule has 3 rings (SSSR count). The van der Waals surface area contributed by atoms with Gasteiger partial charge in [0.1, 0.15) is 0 Å². The zero-order chi connectivity index (χ0) is 17.6. The van der Waals surface area contributed by atoms with E-state index in [0.717, 1.165) is 11.1 Å². The second-order valence-electron chi connectivity index (χ2n) is 6.52. The van der Waals surface area contributed by atoms with E-state index in [0.29, 0.717) is 25.9 Å². The van der Waals surface area contributed by atoms with Crippen LogP contribution in [0.5, 0.6) is 0 Å². The Labute approximate surface area is 148 Å². The van der Waals surface area contributed by atoms with E-state index in [1.54, 1.807) is 4.90 Å². The van der Waals surface area contributed by atoms with Gasteiger partial charge in [-0.15, -0.1) is 0 Å². The molecule has 0 aliphatic carbocycles. The molecule has 0 aromatic heterocycles. The molecule has 0 radical (unpaired) electrons. The van der Waals surface area contributed by atoms with Crippen LogP contribution in [0.1, 0.15) is 41.3 Å². The molecule has 0 saturated carbocycles. The first-order chi connectivity index (χ1) is 12.1. The molecule has 1 fully saturated rings. The topological polar surface area (TPSA) is 57.6 Å². The molecule has 0 bridgehead atoms. The van der Waals surface area contributed by atoms with E-state index in [1.807, 2.05) is 60.7 Å². The van der Waals surface area contributed by atoms with Gasteiger partial charge in [0.2, 0.25) is 5.91 Å². The van der Waals surface area contributed by atoms with Gasteiger partial charge >= 0.3 is 0 Å². The van der Waals surface area contributed by atoms with E-state index in [2.05, 4.69) is 0 Å². The summed E-state index contributed by atoms with van der Waals surface area (Å²) in [6.45, 7) is 1.15. The summed E-state index contributed by atoms with van der Waals surface area (Å²) in [6, 6.07) is 18.6. The number of Topliss-reactive ketones (excluding diaryl/α,β-unsaturated/α-hetero) is 1.